The van der Waals surface area contributed by atoms with Crippen LogP contribution in [0, 0.1) is 0 Å². The summed E-state index contributed by atoms with van der Waals surface area (Å²) < 4.78 is 43.9. The van der Waals surface area contributed by atoms with Gasteiger partial charge in [-0.2, -0.15) is 13.2 Å². The molecule has 1 aromatic carbocycles. The van der Waals surface area contributed by atoms with E-state index < -0.39 is 23.3 Å². The number of rotatable bonds is 3. The minimum atomic E-state index is -4.69. The molecule has 4 nitrogen and oxygen atoms in total. The van der Waals surface area contributed by atoms with E-state index >= 15 is 0 Å². The number of carbonyl (C=O) groups is 1. The molecule has 1 unspecified atom stereocenters. The maximum Gasteiger partial charge on any atom is 0.417 e. The van der Waals surface area contributed by atoms with Crippen LogP contribution in [0.25, 0.3) is 0 Å². The third kappa shape index (κ3) is 2.87. The second-order valence-electron chi connectivity index (χ2n) is 4.63. The van der Waals surface area contributed by atoms with Gasteiger partial charge >= 0.3 is 12.1 Å². The summed E-state index contributed by atoms with van der Waals surface area (Å²) in [7, 11) is 1.56. The van der Waals surface area contributed by atoms with E-state index in [9.17, 15) is 18.0 Å². The molecule has 1 N–H and O–H groups in total. The van der Waals surface area contributed by atoms with Crippen LogP contribution >= 0.6 is 0 Å². The normalized spacial score (nSPS) is 19.4. The molecule has 1 fully saturated rings. The van der Waals surface area contributed by atoms with E-state index in [2.05, 4.69) is 0 Å². The molecular weight excluding hydrogens is 275 g/mol. The number of halogens is 3. The highest BCUT2D eigenvalue weighted by Gasteiger charge is 2.36. The lowest BCUT2D eigenvalue weighted by Crippen LogP contribution is -2.23. The maximum absolute atomic E-state index is 12.9. The van der Waals surface area contributed by atoms with Gasteiger partial charge in [0.25, 0.3) is 0 Å². The third-order valence-corrected chi connectivity index (χ3v) is 3.38. The number of carboxylic acid groups (broad SMARTS) is 1. The average molecular weight is 289 g/mol. The smallest absolute Gasteiger partial charge is 0.417 e. The Balaban J connectivity index is 2.35. The lowest BCUT2D eigenvalue weighted by atomic mass is 10.1. The minimum Gasteiger partial charge on any atom is -0.478 e. The van der Waals surface area contributed by atoms with Crippen LogP contribution < -0.4 is 4.90 Å². The highest BCUT2D eigenvalue weighted by Crippen LogP contribution is 2.35. The standard InChI is InChI=1S/C13H14F3NO3/c1-20-9-4-5-17(7-9)8-2-3-10(12(18)19)11(6-8)13(14,15)16/h2-3,6,9H,4-5,7H2,1H3,(H,18,19). The number of methoxy groups -OCH3 is 1. The van der Waals surface area contributed by atoms with Gasteiger partial charge in [0.1, 0.15) is 0 Å². The van der Waals surface area contributed by atoms with Crippen LogP contribution in [0.5, 0.6) is 0 Å². The highest BCUT2D eigenvalue weighted by molar-refractivity contribution is 5.90. The molecule has 1 atom stereocenters. The Hall–Kier alpha value is -1.76. The van der Waals surface area contributed by atoms with E-state index in [0.29, 0.717) is 18.8 Å². The lowest BCUT2D eigenvalue weighted by molar-refractivity contribution is -0.138. The van der Waals surface area contributed by atoms with Crippen molar-refractivity contribution >= 4 is 11.7 Å². The Morgan fingerprint density at radius 2 is 2.15 bits per heavy atom. The number of carboxylic acids is 1. The maximum atomic E-state index is 12.9. The Labute approximate surface area is 113 Å². The fraction of sp³-hybridized carbons (Fsp3) is 0.462. The van der Waals surface area contributed by atoms with Crippen molar-refractivity contribution in [1.82, 2.24) is 0 Å². The highest BCUT2D eigenvalue weighted by atomic mass is 19.4. The predicted octanol–water partition coefficient (Wildman–Crippen LogP) is 2.63. The molecule has 0 bridgehead atoms. The Morgan fingerprint density at radius 3 is 2.65 bits per heavy atom. The summed E-state index contributed by atoms with van der Waals surface area (Å²) in [5.74, 6) is -1.58. The Morgan fingerprint density at radius 1 is 1.45 bits per heavy atom. The molecule has 7 heteroatoms. The molecule has 0 aromatic heterocycles. The summed E-state index contributed by atoms with van der Waals surface area (Å²) >= 11 is 0. The second kappa shape index (κ2) is 5.32. The van der Waals surface area contributed by atoms with Gasteiger partial charge in [-0.05, 0) is 24.6 Å². The topological polar surface area (TPSA) is 49.8 Å². The molecular formula is C13H14F3NO3. The predicted molar refractivity (Wildman–Crippen MR) is 66.0 cm³/mol. The number of nitrogens with zero attached hydrogens (tertiary/aromatic N) is 1. The molecule has 1 heterocycles. The van der Waals surface area contributed by atoms with E-state index in [-0.39, 0.29) is 6.10 Å². The van der Waals surface area contributed by atoms with Crippen molar-refractivity contribution in [2.24, 2.45) is 0 Å². The van der Waals surface area contributed by atoms with Crippen molar-refractivity contribution < 1.29 is 27.8 Å². The van der Waals surface area contributed by atoms with Crippen molar-refractivity contribution in [3.63, 3.8) is 0 Å². The first-order valence-corrected chi connectivity index (χ1v) is 6.05. The number of aromatic carboxylic acids is 1. The zero-order valence-corrected chi connectivity index (χ0v) is 10.8. The van der Waals surface area contributed by atoms with Crippen LogP contribution in [-0.2, 0) is 10.9 Å². The quantitative estimate of drug-likeness (QED) is 0.929. The second-order valence-corrected chi connectivity index (χ2v) is 4.63. The fourth-order valence-corrected chi connectivity index (χ4v) is 2.31. The Bertz CT molecular complexity index is 516. The Kier molecular flexibility index (Phi) is 3.89. The van der Waals surface area contributed by atoms with Crippen LogP contribution in [-0.4, -0.2) is 37.4 Å². The van der Waals surface area contributed by atoms with Crippen LogP contribution in [0.3, 0.4) is 0 Å². The summed E-state index contributed by atoms with van der Waals surface area (Å²) in [6.07, 6.45) is -3.97. The number of anilines is 1. The summed E-state index contributed by atoms with van der Waals surface area (Å²) in [4.78, 5) is 12.6. The molecule has 20 heavy (non-hydrogen) atoms. The molecule has 1 aliphatic heterocycles. The zero-order chi connectivity index (χ0) is 14.9. The van der Waals surface area contributed by atoms with Gasteiger partial charge < -0.3 is 14.7 Å². The summed E-state index contributed by atoms with van der Waals surface area (Å²) in [5.41, 5.74) is -1.49. The first-order valence-electron chi connectivity index (χ1n) is 6.05. The van der Waals surface area contributed by atoms with Gasteiger partial charge in [0, 0.05) is 25.9 Å². The van der Waals surface area contributed by atoms with Gasteiger partial charge in [0.15, 0.2) is 0 Å². The third-order valence-electron chi connectivity index (χ3n) is 3.38. The van der Waals surface area contributed by atoms with Crippen molar-refractivity contribution in [3.8, 4) is 0 Å². The molecule has 2 rings (SSSR count). The summed E-state index contributed by atoms with van der Waals surface area (Å²) in [6, 6.07) is 3.29. The van der Waals surface area contributed by atoms with Crippen molar-refractivity contribution in [3.05, 3.63) is 29.3 Å². The van der Waals surface area contributed by atoms with Gasteiger partial charge in [0.05, 0.1) is 17.2 Å². The van der Waals surface area contributed by atoms with E-state index in [1.165, 1.54) is 6.07 Å². The summed E-state index contributed by atoms with van der Waals surface area (Å²) in [5, 5.41) is 8.83. The van der Waals surface area contributed by atoms with Gasteiger partial charge in [-0.15, -0.1) is 0 Å². The van der Waals surface area contributed by atoms with Crippen LogP contribution in [0.4, 0.5) is 18.9 Å². The zero-order valence-electron chi connectivity index (χ0n) is 10.8. The van der Waals surface area contributed by atoms with Crippen molar-refractivity contribution in [1.29, 1.82) is 0 Å². The average Bonchev–Trinajstić information content (AvgIpc) is 2.85. The monoisotopic (exact) mass is 289 g/mol. The lowest BCUT2D eigenvalue weighted by Gasteiger charge is -2.20. The molecule has 0 aliphatic carbocycles. The number of ether oxygens (including phenoxy) is 1. The van der Waals surface area contributed by atoms with Gasteiger partial charge in [-0.3, -0.25) is 0 Å². The molecule has 0 radical (unpaired) electrons. The first kappa shape index (κ1) is 14.6. The van der Waals surface area contributed by atoms with Crippen LogP contribution in [0.15, 0.2) is 18.2 Å². The number of hydrogen-bond acceptors (Lipinski definition) is 3. The largest absolute Gasteiger partial charge is 0.478 e. The van der Waals surface area contributed by atoms with Gasteiger partial charge in [-0.1, -0.05) is 0 Å². The van der Waals surface area contributed by atoms with Gasteiger partial charge in [0.2, 0.25) is 0 Å². The molecule has 110 valence electrons. The van der Waals surface area contributed by atoms with Crippen LogP contribution in [0.2, 0.25) is 0 Å². The fourth-order valence-electron chi connectivity index (χ4n) is 2.31. The molecule has 1 aliphatic rings. The molecule has 0 amide bonds. The van der Waals surface area contributed by atoms with Crippen molar-refractivity contribution in [2.45, 2.75) is 18.7 Å². The number of hydrogen-bond donors (Lipinski definition) is 1. The SMILES string of the molecule is COC1CCN(c2ccc(C(=O)O)c(C(F)(F)F)c2)C1. The van der Waals surface area contributed by atoms with E-state index in [1.54, 1.807) is 12.0 Å². The van der Waals surface area contributed by atoms with Gasteiger partial charge in [-0.25, -0.2) is 4.79 Å². The van der Waals surface area contributed by atoms with E-state index in [1.807, 2.05) is 0 Å². The van der Waals surface area contributed by atoms with E-state index in [0.717, 1.165) is 18.6 Å². The number of benzene rings is 1. The molecule has 0 saturated carbocycles. The summed E-state index contributed by atoms with van der Waals surface area (Å²) in [6.45, 7) is 1.09. The number of alkyl halides is 3. The first-order chi connectivity index (χ1) is 9.32. The van der Waals surface area contributed by atoms with Crippen LogP contribution in [0.1, 0.15) is 22.3 Å². The molecule has 1 saturated heterocycles. The minimum absolute atomic E-state index is 0.0107. The van der Waals surface area contributed by atoms with E-state index in [4.69, 9.17) is 9.84 Å². The molecule has 1 aromatic rings. The molecule has 0 spiro atoms. The van der Waals surface area contributed by atoms with Crippen molar-refractivity contribution in [2.75, 3.05) is 25.1 Å².